The topological polar surface area (TPSA) is 44.7 Å². The Kier molecular flexibility index (Phi) is 2.27. The van der Waals surface area contributed by atoms with Crippen molar-refractivity contribution in [2.45, 2.75) is 12.5 Å². The first-order chi connectivity index (χ1) is 6.38. The molecule has 0 fully saturated rings. The zero-order chi connectivity index (χ0) is 9.10. The van der Waals surface area contributed by atoms with Gasteiger partial charge in [0.1, 0.15) is 12.2 Å². The summed E-state index contributed by atoms with van der Waals surface area (Å²) in [5.74, 6) is 1.52. The van der Waals surface area contributed by atoms with Gasteiger partial charge in [0.05, 0.1) is 6.26 Å². The molecule has 3 nitrogen and oxygen atoms in total. The minimum absolute atomic E-state index is 0.00769. The van der Waals surface area contributed by atoms with Gasteiger partial charge < -0.3 is 9.52 Å². The molecule has 1 N–H and O–H groups in total. The van der Waals surface area contributed by atoms with Crippen LogP contribution in [-0.2, 0) is 10.8 Å². The summed E-state index contributed by atoms with van der Waals surface area (Å²) in [4.78, 5) is 0. The van der Waals surface area contributed by atoms with E-state index in [-0.39, 0.29) is 12.7 Å². The highest BCUT2D eigenvalue weighted by molar-refractivity contribution is 5.92. The van der Waals surface area contributed by atoms with Crippen molar-refractivity contribution < 1.29 is 13.9 Å². The Labute approximate surface area is 76.0 Å². The predicted octanol–water partition coefficient (Wildman–Crippen LogP) is 0.858. The van der Waals surface area contributed by atoms with Gasteiger partial charge in [-0.05, 0) is 12.1 Å². The molecule has 1 aromatic heterocycles. The number of ketones is 1. The highest BCUT2D eigenvalue weighted by Gasteiger charge is 2.24. The van der Waals surface area contributed by atoms with Crippen LogP contribution in [0.25, 0.3) is 0 Å². The zero-order valence-corrected chi connectivity index (χ0v) is 7.14. The van der Waals surface area contributed by atoms with Crippen molar-refractivity contribution in [3.63, 3.8) is 0 Å². The lowest BCUT2D eigenvalue weighted by Gasteiger charge is -1.91. The van der Waals surface area contributed by atoms with E-state index in [1.54, 1.807) is 12.3 Å². The third kappa shape index (κ3) is 1.87. The molecule has 0 bridgehead atoms. The lowest BCUT2D eigenvalue weighted by atomic mass is 10.2. The Hall–Kier alpha value is -1.35. The summed E-state index contributed by atoms with van der Waals surface area (Å²) in [5.41, 5.74) is 0. The van der Waals surface area contributed by atoms with E-state index >= 15 is 0 Å². The van der Waals surface area contributed by atoms with Crippen molar-refractivity contribution in [3.05, 3.63) is 36.3 Å². The molecule has 0 aromatic carbocycles. The maximum Gasteiger partial charge on any atom is 0.345 e. The molecule has 2 rings (SSSR count). The summed E-state index contributed by atoms with van der Waals surface area (Å²) in [7, 11) is 0. The van der Waals surface area contributed by atoms with Crippen LogP contribution in [0.5, 0.6) is 0 Å². The van der Waals surface area contributed by atoms with E-state index in [1.807, 2.05) is 18.2 Å². The number of furan rings is 1. The molecule has 0 radical (unpaired) electrons. The van der Waals surface area contributed by atoms with Crippen LogP contribution in [0.15, 0.2) is 35.0 Å². The number of aliphatic hydroxyl groups excluding tert-OH is 1. The van der Waals surface area contributed by atoms with E-state index in [2.05, 4.69) is 0 Å². The van der Waals surface area contributed by atoms with Gasteiger partial charge in [0, 0.05) is 12.2 Å². The second-order valence-corrected chi connectivity index (χ2v) is 2.92. The minimum atomic E-state index is -0.0366. The van der Waals surface area contributed by atoms with Gasteiger partial charge in [-0.3, -0.25) is 0 Å². The minimum Gasteiger partial charge on any atom is -0.469 e. The second kappa shape index (κ2) is 3.58. The molecule has 13 heavy (non-hydrogen) atoms. The average molecular weight is 179 g/mol. The van der Waals surface area contributed by atoms with Crippen LogP contribution in [0.3, 0.4) is 0 Å². The van der Waals surface area contributed by atoms with Crippen molar-refractivity contribution in [1.29, 1.82) is 0 Å². The van der Waals surface area contributed by atoms with Gasteiger partial charge in [0.2, 0.25) is 0 Å². The molecule has 1 unspecified atom stereocenters. The molecule has 0 amide bonds. The molecule has 68 valence electrons. The SMILES string of the molecule is OCC1=[O+]C(Cc2ccco2)C=C1. The fourth-order valence-electron chi connectivity index (χ4n) is 1.31. The fourth-order valence-corrected chi connectivity index (χ4v) is 1.31. The van der Waals surface area contributed by atoms with Crippen LogP contribution >= 0.6 is 0 Å². The lowest BCUT2D eigenvalue weighted by molar-refractivity contribution is -0.485. The maximum absolute atomic E-state index is 8.77. The fraction of sp³-hybridized carbons (Fsp3) is 0.300. The van der Waals surface area contributed by atoms with E-state index in [0.717, 1.165) is 5.76 Å². The Balaban J connectivity index is 1.99. The Morgan fingerprint density at radius 1 is 1.54 bits per heavy atom. The molecule has 0 saturated carbocycles. The maximum atomic E-state index is 8.77. The first kappa shape index (κ1) is 8.26. The van der Waals surface area contributed by atoms with Gasteiger partial charge in [0.25, 0.3) is 6.10 Å². The normalized spacial score (nSPS) is 20.7. The first-order valence-corrected chi connectivity index (χ1v) is 4.22. The van der Waals surface area contributed by atoms with Gasteiger partial charge in [-0.15, -0.1) is 0 Å². The van der Waals surface area contributed by atoms with Crippen molar-refractivity contribution in [2.75, 3.05) is 6.61 Å². The largest absolute Gasteiger partial charge is 0.469 e. The van der Waals surface area contributed by atoms with Crippen LogP contribution in [0, 0.1) is 0 Å². The molecule has 2 heterocycles. The first-order valence-electron chi connectivity index (χ1n) is 4.22. The number of aliphatic hydroxyl groups is 1. The Bertz CT molecular complexity index is 322. The molecule has 1 aliphatic heterocycles. The predicted molar refractivity (Wildman–Crippen MR) is 47.4 cm³/mol. The highest BCUT2D eigenvalue weighted by Crippen LogP contribution is 2.09. The van der Waals surface area contributed by atoms with Gasteiger partial charge in [-0.25, -0.2) is 4.42 Å². The van der Waals surface area contributed by atoms with E-state index in [0.29, 0.717) is 12.2 Å². The molecule has 1 atom stereocenters. The van der Waals surface area contributed by atoms with Crippen LogP contribution in [0.1, 0.15) is 5.76 Å². The summed E-state index contributed by atoms with van der Waals surface area (Å²) >= 11 is 0. The smallest absolute Gasteiger partial charge is 0.345 e. The van der Waals surface area contributed by atoms with Gasteiger partial charge in [-0.2, -0.15) is 0 Å². The van der Waals surface area contributed by atoms with Crippen molar-refractivity contribution in [2.24, 2.45) is 0 Å². The number of carbonyl (C=O) groups excluding carboxylic acids is 1. The third-order valence-electron chi connectivity index (χ3n) is 1.94. The van der Waals surface area contributed by atoms with Crippen molar-refractivity contribution in [3.8, 4) is 0 Å². The summed E-state index contributed by atoms with van der Waals surface area (Å²) in [5, 5.41) is 8.77. The monoisotopic (exact) mass is 179 g/mol. The average Bonchev–Trinajstić information content (AvgIpc) is 2.76. The summed E-state index contributed by atoms with van der Waals surface area (Å²) in [6, 6.07) is 3.76. The molecule has 3 heteroatoms. The standard InChI is InChI=1S/C10H11O3/c11-7-10-4-3-9(13-10)6-8-2-1-5-12-8/h1-5,9,11H,6-7H2/q+1. The molecule has 1 aliphatic rings. The number of hydrogen-bond acceptors (Lipinski definition) is 2. The number of rotatable bonds is 3. The lowest BCUT2D eigenvalue weighted by Crippen LogP contribution is -2.08. The Morgan fingerprint density at radius 2 is 2.46 bits per heavy atom. The summed E-state index contributed by atoms with van der Waals surface area (Å²) in [6.07, 6.45) is 6.09. The zero-order valence-electron chi connectivity index (χ0n) is 7.14. The van der Waals surface area contributed by atoms with Crippen LogP contribution in [0.4, 0.5) is 0 Å². The summed E-state index contributed by atoms with van der Waals surface area (Å²) in [6.45, 7) is -0.0366. The van der Waals surface area contributed by atoms with E-state index < -0.39 is 0 Å². The quantitative estimate of drug-likeness (QED) is 0.699. The van der Waals surface area contributed by atoms with E-state index in [1.165, 1.54) is 0 Å². The number of hydrogen-bond donors (Lipinski definition) is 1. The Morgan fingerprint density at radius 3 is 3.08 bits per heavy atom. The highest BCUT2D eigenvalue weighted by atomic mass is 16.4. The van der Waals surface area contributed by atoms with E-state index in [9.17, 15) is 0 Å². The molecule has 1 aromatic rings. The van der Waals surface area contributed by atoms with Crippen LogP contribution in [-0.4, -0.2) is 23.6 Å². The van der Waals surface area contributed by atoms with Crippen LogP contribution < -0.4 is 0 Å². The van der Waals surface area contributed by atoms with Crippen molar-refractivity contribution >= 4 is 5.78 Å². The van der Waals surface area contributed by atoms with Gasteiger partial charge in [-0.1, -0.05) is 0 Å². The van der Waals surface area contributed by atoms with Gasteiger partial charge in [0.15, 0.2) is 6.61 Å². The van der Waals surface area contributed by atoms with Crippen LogP contribution in [0.2, 0.25) is 0 Å². The molecule has 0 saturated heterocycles. The molecule has 0 aliphatic carbocycles. The second-order valence-electron chi connectivity index (χ2n) is 2.92. The summed E-state index contributed by atoms with van der Waals surface area (Å²) < 4.78 is 10.6. The molecular weight excluding hydrogens is 168 g/mol. The molecule has 0 spiro atoms. The van der Waals surface area contributed by atoms with E-state index in [4.69, 9.17) is 13.9 Å². The van der Waals surface area contributed by atoms with Crippen molar-refractivity contribution in [1.82, 2.24) is 0 Å². The molecular formula is C10H11O3+. The van der Waals surface area contributed by atoms with Gasteiger partial charge >= 0.3 is 5.78 Å². The third-order valence-corrected chi connectivity index (χ3v) is 1.94.